The topological polar surface area (TPSA) is 51.0 Å². The molecule has 0 N–H and O–H groups in total. The largest absolute Gasteiger partial charge is 0.334 e. The zero-order valence-electron chi connectivity index (χ0n) is 14.5. The Morgan fingerprint density at radius 3 is 2.70 bits per heavy atom. The van der Waals surface area contributed by atoms with Crippen LogP contribution in [0.3, 0.4) is 0 Å². The lowest BCUT2D eigenvalue weighted by atomic mass is 9.97. The minimum Gasteiger partial charge on any atom is -0.334 e. The Bertz CT molecular complexity index is 733. The van der Waals surface area contributed by atoms with Crippen molar-refractivity contribution < 1.29 is 4.79 Å². The average molecular weight is 332 g/mol. The van der Waals surface area contributed by atoms with Gasteiger partial charge in [-0.25, -0.2) is 4.98 Å². The maximum Gasteiger partial charge on any atom is 0.230 e. The number of aromatic nitrogens is 3. The number of hydrogen-bond donors (Lipinski definition) is 0. The van der Waals surface area contributed by atoms with Crippen molar-refractivity contribution in [1.82, 2.24) is 19.7 Å². The van der Waals surface area contributed by atoms with Gasteiger partial charge < -0.3 is 4.90 Å². The van der Waals surface area contributed by atoms with Gasteiger partial charge in [0.15, 0.2) is 0 Å². The van der Waals surface area contributed by atoms with Crippen molar-refractivity contribution in [3.8, 4) is 0 Å². The summed E-state index contributed by atoms with van der Waals surface area (Å²) in [7, 11) is 1.93. The summed E-state index contributed by atoms with van der Waals surface area (Å²) in [6, 6.07) is 0.132. The molecule has 1 fully saturated rings. The zero-order chi connectivity index (χ0) is 16.7. The van der Waals surface area contributed by atoms with Gasteiger partial charge >= 0.3 is 0 Å². The van der Waals surface area contributed by atoms with Gasteiger partial charge in [0.05, 0.1) is 28.4 Å². The van der Waals surface area contributed by atoms with Crippen LogP contribution in [-0.4, -0.2) is 32.1 Å². The van der Waals surface area contributed by atoms with E-state index in [1.54, 1.807) is 11.3 Å². The second-order valence-corrected chi connectivity index (χ2v) is 7.47. The second-order valence-electron chi connectivity index (χ2n) is 6.41. The smallest absolute Gasteiger partial charge is 0.230 e. The predicted molar refractivity (Wildman–Crippen MR) is 91.6 cm³/mol. The molecular weight excluding hydrogens is 308 g/mol. The first-order valence-electron chi connectivity index (χ1n) is 8.12. The van der Waals surface area contributed by atoms with Crippen LogP contribution in [0.4, 0.5) is 0 Å². The van der Waals surface area contributed by atoms with Crippen molar-refractivity contribution in [3.63, 3.8) is 0 Å². The molecule has 1 aliphatic heterocycles. The molecule has 1 saturated heterocycles. The molecule has 124 valence electrons. The van der Waals surface area contributed by atoms with Crippen molar-refractivity contribution in [2.75, 3.05) is 6.54 Å². The Morgan fingerprint density at radius 2 is 2.13 bits per heavy atom. The Kier molecular flexibility index (Phi) is 4.27. The molecule has 2 aromatic heterocycles. The molecule has 5 nitrogen and oxygen atoms in total. The van der Waals surface area contributed by atoms with E-state index in [-0.39, 0.29) is 17.9 Å². The first-order valence-corrected chi connectivity index (χ1v) is 9.00. The number of carbonyl (C=O) groups is 1. The average Bonchev–Trinajstić information content (AvgIpc) is 3.19. The lowest BCUT2D eigenvalue weighted by Crippen LogP contribution is -2.34. The Hall–Kier alpha value is -1.69. The summed E-state index contributed by atoms with van der Waals surface area (Å²) in [6.07, 6.45) is 2.05. The van der Waals surface area contributed by atoms with E-state index in [1.807, 2.05) is 44.3 Å². The third kappa shape index (κ3) is 2.80. The number of carbonyl (C=O) groups excluding carboxylic acids is 1. The van der Waals surface area contributed by atoms with Crippen LogP contribution in [0.25, 0.3) is 0 Å². The minimum atomic E-state index is -0.163. The number of hydrogen-bond acceptors (Lipinski definition) is 4. The monoisotopic (exact) mass is 332 g/mol. The van der Waals surface area contributed by atoms with Crippen LogP contribution in [0.2, 0.25) is 0 Å². The highest BCUT2D eigenvalue weighted by atomic mass is 32.1. The summed E-state index contributed by atoms with van der Waals surface area (Å²) in [5.41, 5.74) is 4.14. The van der Waals surface area contributed by atoms with E-state index in [4.69, 9.17) is 0 Å². The van der Waals surface area contributed by atoms with Crippen LogP contribution in [0.15, 0.2) is 5.38 Å². The van der Waals surface area contributed by atoms with Crippen LogP contribution in [0, 0.1) is 20.8 Å². The molecule has 6 heteroatoms. The Labute approximate surface area is 141 Å². The SMILES string of the molecule is Cc1nc([C@H]2CCCN2C(=O)C(C)c2c(C)nn(C)c2C)cs1. The van der Waals surface area contributed by atoms with E-state index < -0.39 is 0 Å². The van der Waals surface area contributed by atoms with Gasteiger partial charge in [0, 0.05) is 30.2 Å². The molecular formula is C17H24N4OS. The van der Waals surface area contributed by atoms with Gasteiger partial charge in [-0.05, 0) is 40.5 Å². The van der Waals surface area contributed by atoms with E-state index in [0.29, 0.717) is 0 Å². The lowest BCUT2D eigenvalue weighted by Gasteiger charge is -2.27. The summed E-state index contributed by atoms with van der Waals surface area (Å²) >= 11 is 1.66. The zero-order valence-corrected chi connectivity index (χ0v) is 15.3. The van der Waals surface area contributed by atoms with Gasteiger partial charge in [-0.1, -0.05) is 0 Å². The Morgan fingerprint density at radius 1 is 1.39 bits per heavy atom. The van der Waals surface area contributed by atoms with Gasteiger partial charge in [-0.2, -0.15) is 5.10 Å². The normalized spacial score (nSPS) is 19.3. The fourth-order valence-electron chi connectivity index (χ4n) is 3.66. The number of nitrogens with zero attached hydrogens (tertiary/aromatic N) is 4. The number of thiazole rings is 1. The molecule has 0 spiro atoms. The van der Waals surface area contributed by atoms with Gasteiger partial charge in [-0.15, -0.1) is 11.3 Å². The second kappa shape index (κ2) is 6.07. The van der Waals surface area contributed by atoms with Crippen molar-refractivity contribution in [3.05, 3.63) is 33.0 Å². The van der Waals surface area contributed by atoms with Crippen molar-refractivity contribution >= 4 is 17.2 Å². The molecule has 1 aliphatic rings. The van der Waals surface area contributed by atoms with Crippen LogP contribution < -0.4 is 0 Å². The Balaban J connectivity index is 1.86. The summed E-state index contributed by atoms with van der Waals surface area (Å²) in [5, 5.41) is 7.61. The third-order valence-electron chi connectivity index (χ3n) is 4.88. The fraction of sp³-hybridized carbons (Fsp3) is 0.588. The van der Waals surface area contributed by atoms with Crippen LogP contribution in [0.1, 0.15) is 59.4 Å². The molecule has 0 aliphatic carbocycles. The molecule has 0 saturated carbocycles. The van der Waals surface area contributed by atoms with Gasteiger partial charge in [0.25, 0.3) is 0 Å². The highest BCUT2D eigenvalue weighted by molar-refractivity contribution is 7.09. The quantitative estimate of drug-likeness (QED) is 0.867. The summed E-state index contributed by atoms with van der Waals surface area (Å²) in [4.78, 5) is 19.7. The lowest BCUT2D eigenvalue weighted by molar-refractivity contribution is -0.133. The van der Waals surface area contributed by atoms with E-state index in [9.17, 15) is 4.79 Å². The fourth-order valence-corrected chi connectivity index (χ4v) is 4.32. The van der Waals surface area contributed by atoms with E-state index in [2.05, 4.69) is 15.5 Å². The maximum absolute atomic E-state index is 13.1. The third-order valence-corrected chi connectivity index (χ3v) is 5.67. The van der Waals surface area contributed by atoms with Crippen molar-refractivity contribution in [2.45, 2.75) is 52.5 Å². The molecule has 0 radical (unpaired) electrons. The molecule has 3 rings (SSSR count). The summed E-state index contributed by atoms with van der Waals surface area (Å²) in [6.45, 7) is 8.85. The summed E-state index contributed by atoms with van der Waals surface area (Å²) in [5.74, 6) is 0.0291. The number of amides is 1. The minimum absolute atomic E-state index is 0.132. The highest BCUT2D eigenvalue weighted by Crippen LogP contribution is 2.35. The molecule has 2 aromatic rings. The standard InChI is InChI=1S/C17H24N4OS/c1-10(16-11(2)19-20(5)12(16)3)17(22)21-8-6-7-15(21)14-9-23-13(4)18-14/h9-10,15H,6-8H2,1-5H3/t10?,15-/m1/s1. The summed E-state index contributed by atoms with van der Waals surface area (Å²) < 4.78 is 1.86. The van der Waals surface area contributed by atoms with E-state index in [1.165, 1.54) is 0 Å². The van der Waals surface area contributed by atoms with E-state index in [0.717, 1.165) is 47.0 Å². The predicted octanol–water partition coefficient (Wildman–Crippen LogP) is 3.27. The van der Waals surface area contributed by atoms with Gasteiger partial charge in [-0.3, -0.25) is 9.48 Å². The molecule has 1 amide bonds. The molecule has 0 bridgehead atoms. The van der Waals surface area contributed by atoms with Crippen molar-refractivity contribution in [1.29, 1.82) is 0 Å². The molecule has 3 heterocycles. The van der Waals surface area contributed by atoms with Crippen LogP contribution in [-0.2, 0) is 11.8 Å². The molecule has 1 unspecified atom stereocenters. The first kappa shape index (κ1) is 16.2. The molecule has 0 aromatic carbocycles. The molecule has 23 heavy (non-hydrogen) atoms. The molecule has 2 atom stereocenters. The maximum atomic E-state index is 13.1. The van der Waals surface area contributed by atoms with Crippen LogP contribution in [0.5, 0.6) is 0 Å². The van der Waals surface area contributed by atoms with Gasteiger partial charge in [0.2, 0.25) is 5.91 Å². The van der Waals surface area contributed by atoms with E-state index >= 15 is 0 Å². The van der Waals surface area contributed by atoms with Crippen molar-refractivity contribution in [2.24, 2.45) is 7.05 Å². The first-order chi connectivity index (χ1) is 10.9. The van der Waals surface area contributed by atoms with Gasteiger partial charge in [0.1, 0.15) is 0 Å². The van der Waals surface area contributed by atoms with Crippen LogP contribution >= 0.6 is 11.3 Å². The number of likely N-dealkylation sites (tertiary alicyclic amines) is 1. The number of aryl methyl sites for hydroxylation is 3. The highest BCUT2D eigenvalue weighted by Gasteiger charge is 2.35. The number of rotatable bonds is 3.